The number of benzene rings is 1. The van der Waals surface area contributed by atoms with Crippen LogP contribution in [-0.4, -0.2) is 15.9 Å². The summed E-state index contributed by atoms with van der Waals surface area (Å²) in [5.74, 6) is 2.56. The molecule has 3 aromatic rings. The standard InChI is InChI=1S/C18H21N3O2/c1-11-10-14(13(3)23-11)12(2)19-18(22)9-8-17-20-15-6-4-5-7-16(15)21-17/h4-7,10,12H,8-9H2,1-3H3,(H,19,22)(H,20,21). The van der Waals surface area contributed by atoms with Gasteiger partial charge in [0.2, 0.25) is 5.91 Å². The zero-order valence-electron chi connectivity index (χ0n) is 13.6. The number of fused-ring (bicyclic) bond motifs is 1. The van der Waals surface area contributed by atoms with Gasteiger partial charge in [0, 0.05) is 18.4 Å². The second-order valence-electron chi connectivity index (χ2n) is 5.86. The molecule has 0 saturated carbocycles. The van der Waals surface area contributed by atoms with Crippen LogP contribution in [0.1, 0.15) is 42.3 Å². The van der Waals surface area contributed by atoms with Gasteiger partial charge >= 0.3 is 0 Å². The molecule has 1 aromatic carbocycles. The fraction of sp³-hybridized carbons (Fsp3) is 0.333. The number of nitrogens with zero attached hydrogens (tertiary/aromatic N) is 1. The van der Waals surface area contributed by atoms with Crippen LogP contribution < -0.4 is 5.32 Å². The van der Waals surface area contributed by atoms with Crippen LogP contribution in [0.15, 0.2) is 34.7 Å². The number of amides is 1. The zero-order chi connectivity index (χ0) is 16.4. The normalized spacial score (nSPS) is 12.5. The SMILES string of the molecule is Cc1cc(C(C)NC(=O)CCc2nc3ccccc3[nH]2)c(C)o1. The average Bonchev–Trinajstić information content (AvgIpc) is 3.07. The van der Waals surface area contributed by atoms with Crippen molar-refractivity contribution in [1.82, 2.24) is 15.3 Å². The van der Waals surface area contributed by atoms with Crippen molar-refractivity contribution in [3.63, 3.8) is 0 Å². The van der Waals surface area contributed by atoms with Crippen LogP contribution in [0, 0.1) is 13.8 Å². The van der Waals surface area contributed by atoms with Crippen molar-refractivity contribution < 1.29 is 9.21 Å². The van der Waals surface area contributed by atoms with E-state index in [4.69, 9.17) is 4.42 Å². The van der Waals surface area contributed by atoms with Crippen molar-refractivity contribution in [2.24, 2.45) is 0 Å². The number of aryl methyl sites for hydroxylation is 3. The van der Waals surface area contributed by atoms with Crippen molar-refractivity contribution in [2.75, 3.05) is 0 Å². The highest BCUT2D eigenvalue weighted by atomic mass is 16.3. The van der Waals surface area contributed by atoms with Gasteiger partial charge in [-0.1, -0.05) is 12.1 Å². The predicted octanol–water partition coefficient (Wildman–Crippen LogP) is 3.58. The van der Waals surface area contributed by atoms with Crippen LogP contribution in [0.25, 0.3) is 11.0 Å². The van der Waals surface area contributed by atoms with Crippen molar-refractivity contribution in [3.8, 4) is 0 Å². The van der Waals surface area contributed by atoms with Gasteiger partial charge in [-0.2, -0.15) is 0 Å². The maximum atomic E-state index is 12.2. The lowest BCUT2D eigenvalue weighted by atomic mass is 10.1. The minimum absolute atomic E-state index is 0.0104. The first-order valence-electron chi connectivity index (χ1n) is 7.83. The van der Waals surface area contributed by atoms with Crippen molar-refractivity contribution in [1.29, 1.82) is 0 Å². The van der Waals surface area contributed by atoms with Crippen molar-refractivity contribution in [3.05, 3.63) is 53.2 Å². The van der Waals surface area contributed by atoms with Gasteiger partial charge in [-0.05, 0) is 39.0 Å². The molecule has 0 fully saturated rings. The number of nitrogens with one attached hydrogen (secondary N) is 2. The van der Waals surface area contributed by atoms with Crippen LogP contribution in [0.4, 0.5) is 0 Å². The van der Waals surface area contributed by atoms with Gasteiger partial charge in [0.1, 0.15) is 17.3 Å². The Morgan fingerprint density at radius 3 is 2.83 bits per heavy atom. The van der Waals surface area contributed by atoms with E-state index in [2.05, 4.69) is 15.3 Å². The summed E-state index contributed by atoms with van der Waals surface area (Å²) >= 11 is 0. The van der Waals surface area contributed by atoms with Crippen LogP contribution in [0.2, 0.25) is 0 Å². The van der Waals surface area contributed by atoms with E-state index in [0.29, 0.717) is 12.8 Å². The van der Waals surface area contributed by atoms with Crippen LogP contribution in [0.3, 0.4) is 0 Å². The molecule has 0 aliphatic carbocycles. The van der Waals surface area contributed by atoms with Crippen LogP contribution in [0.5, 0.6) is 0 Å². The Kier molecular flexibility index (Phi) is 4.19. The third-order valence-electron chi connectivity index (χ3n) is 3.95. The fourth-order valence-electron chi connectivity index (χ4n) is 2.83. The predicted molar refractivity (Wildman–Crippen MR) is 89.2 cm³/mol. The molecule has 0 bridgehead atoms. The Bertz CT molecular complexity index is 799. The molecule has 2 aromatic heterocycles. The number of hydrogen-bond acceptors (Lipinski definition) is 3. The molecule has 0 spiro atoms. The number of H-pyrrole nitrogens is 1. The smallest absolute Gasteiger partial charge is 0.220 e. The minimum Gasteiger partial charge on any atom is -0.466 e. The van der Waals surface area contributed by atoms with E-state index in [1.807, 2.05) is 51.1 Å². The van der Waals surface area contributed by atoms with Crippen LogP contribution >= 0.6 is 0 Å². The minimum atomic E-state index is -0.0596. The molecule has 120 valence electrons. The summed E-state index contributed by atoms with van der Waals surface area (Å²) in [4.78, 5) is 19.9. The van der Waals surface area contributed by atoms with Gasteiger partial charge in [-0.25, -0.2) is 4.98 Å². The lowest BCUT2D eigenvalue weighted by Gasteiger charge is -2.12. The summed E-state index contributed by atoms with van der Waals surface area (Å²) in [6.07, 6.45) is 0.997. The van der Waals surface area contributed by atoms with Gasteiger partial charge in [-0.3, -0.25) is 4.79 Å². The number of imidazole rings is 1. The van der Waals surface area contributed by atoms with E-state index in [9.17, 15) is 4.79 Å². The Morgan fingerprint density at radius 1 is 1.35 bits per heavy atom. The molecule has 0 saturated heterocycles. The van der Waals surface area contributed by atoms with Crippen LogP contribution in [-0.2, 0) is 11.2 Å². The molecule has 0 radical (unpaired) electrons. The van der Waals surface area contributed by atoms with Gasteiger partial charge in [0.05, 0.1) is 17.1 Å². The number of aromatic nitrogens is 2. The topological polar surface area (TPSA) is 70.9 Å². The summed E-state index contributed by atoms with van der Waals surface area (Å²) in [5, 5.41) is 3.01. The molecular formula is C18H21N3O2. The number of furan rings is 1. The largest absolute Gasteiger partial charge is 0.466 e. The van der Waals surface area contributed by atoms with E-state index >= 15 is 0 Å². The summed E-state index contributed by atoms with van der Waals surface area (Å²) in [5.41, 5.74) is 2.96. The van der Waals surface area contributed by atoms with E-state index < -0.39 is 0 Å². The van der Waals surface area contributed by atoms with E-state index in [1.165, 1.54) is 0 Å². The third kappa shape index (κ3) is 3.44. The Morgan fingerprint density at radius 2 is 2.13 bits per heavy atom. The monoisotopic (exact) mass is 311 g/mol. The highest BCUT2D eigenvalue weighted by Crippen LogP contribution is 2.21. The van der Waals surface area contributed by atoms with Gasteiger partial charge in [-0.15, -0.1) is 0 Å². The number of aromatic amines is 1. The quantitative estimate of drug-likeness (QED) is 0.756. The maximum absolute atomic E-state index is 12.2. The molecule has 2 N–H and O–H groups in total. The van der Waals surface area contributed by atoms with Crippen molar-refractivity contribution >= 4 is 16.9 Å². The second kappa shape index (κ2) is 6.28. The average molecular weight is 311 g/mol. The molecule has 0 aliphatic rings. The lowest BCUT2D eigenvalue weighted by molar-refractivity contribution is -0.121. The maximum Gasteiger partial charge on any atom is 0.220 e. The highest BCUT2D eigenvalue weighted by Gasteiger charge is 2.15. The number of rotatable bonds is 5. The van der Waals surface area contributed by atoms with E-state index in [1.54, 1.807) is 0 Å². The fourth-order valence-corrected chi connectivity index (χ4v) is 2.83. The first-order chi connectivity index (χ1) is 11.0. The van der Waals surface area contributed by atoms with Crippen molar-refractivity contribution in [2.45, 2.75) is 39.7 Å². The molecule has 0 aliphatic heterocycles. The second-order valence-corrected chi connectivity index (χ2v) is 5.86. The highest BCUT2D eigenvalue weighted by molar-refractivity contribution is 5.77. The first-order valence-corrected chi connectivity index (χ1v) is 7.83. The number of carbonyl (C=O) groups is 1. The molecule has 23 heavy (non-hydrogen) atoms. The van der Waals surface area contributed by atoms with E-state index in [0.717, 1.165) is 33.9 Å². The Balaban J connectivity index is 1.58. The molecule has 3 rings (SSSR count). The summed E-state index contributed by atoms with van der Waals surface area (Å²) in [6.45, 7) is 5.79. The number of carbonyl (C=O) groups excluding carboxylic acids is 1. The van der Waals surface area contributed by atoms with Gasteiger partial charge < -0.3 is 14.7 Å². The van der Waals surface area contributed by atoms with E-state index in [-0.39, 0.29) is 11.9 Å². The molecule has 5 heteroatoms. The zero-order valence-corrected chi connectivity index (χ0v) is 13.6. The number of para-hydroxylation sites is 2. The number of hydrogen-bond donors (Lipinski definition) is 2. The first kappa shape index (κ1) is 15.3. The van der Waals surface area contributed by atoms with Gasteiger partial charge in [0.15, 0.2) is 0 Å². The summed E-state index contributed by atoms with van der Waals surface area (Å²) in [6, 6.07) is 9.78. The molecule has 1 amide bonds. The summed E-state index contributed by atoms with van der Waals surface area (Å²) < 4.78 is 5.51. The molecular weight excluding hydrogens is 290 g/mol. The van der Waals surface area contributed by atoms with Gasteiger partial charge in [0.25, 0.3) is 0 Å². The molecule has 5 nitrogen and oxygen atoms in total. The molecule has 1 unspecified atom stereocenters. The Labute approximate surface area is 135 Å². The third-order valence-corrected chi connectivity index (χ3v) is 3.95. The molecule has 1 atom stereocenters. The lowest BCUT2D eigenvalue weighted by Crippen LogP contribution is -2.27. The summed E-state index contributed by atoms with van der Waals surface area (Å²) in [7, 11) is 0. The Hall–Kier alpha value is -2.56. The molecule has 2 heterocycles.